The van der Waals surface area contributed by atoms with Crippen LogP contribution in [0, 0.1) is 5.92 Å². The zero-order valence-electron chi connectivity index (χ0n) is 13.0. The van der Waals surface area contributed by atoms with Gasteiger partial charge in [-0.05, 0) is 26.7 Å². The molecule has 0 unspecified atom stereocenters. The average Bonchev–Trinajstić information content (AvgIpc) is 2.40. The summed E-state index contributed by atoms with van der Waals surface area (Å²) in [5.41, 5.74) is 0. The summed E-state index contributed by atoms with van der Waals surface area (Å²) in [6, 6.07) is -0.577. The molecular formula is C15H25NO5. The number of carbonyl (C=O) groups excluding carboxylic acids is 3. The van der Waals surface area contributed by atoms with Crippen LogP contribution in [0.25, 0.3) is 0 Å². The highest BCUT2D eigenvalue weighted by Gasteiger charge is 2.22. The van der Waals surface area contributed by atoms with E-state index < -0.39 is 17.9 Å². The van der Waals surface area contributed by atoms with Crippen LogP contribution in [0.3, 0.4) is 0 Å². The number of rotatable bonds is 11. The lowest BCUT2D eigenvalue weighted by atomic mass is 9.95. The molecule has 0 saturated carbocycles. The molecule has 0 rings (SSSR count). The summed E-state index contributed by atoms with van der Waals surface area (Å²) in [4.78, 5) is 45.4. The number of carbonyl (C=O) groups is 4. The van der Waals surface area contributed by atoms with Crippen molar-refractivity contribution in [2.75, 3.05) is 0 Å². The minimum Gasteiger partial charge on any atom is -0.481 e. The van der Waals surface area contributed by atoms with Crippen molar-refractivity contribution in [1.82, 2.24) is 5.32 Å². The van der Waals surface area contributed by atoms with Gasteiger partial charge in [0.05, 0.1) is 12.0 Å². The van der Waals surface area contributed by atoms with Crippen LogP contribution in [-0.2, 0) is 19.2 Å². The Kier molecular flexibility index (Phi) is 9.25. The molecule has 0 fully saturated rings. The molecule has 120 valence electrons. The second kappa shape index (κ2) is 10.1. The van der Waals surface area contributed by atoms with E-state index in [1.807, 2.05) is 6.92 Å². The Bertz CT molecular complexity index is 392. The topological polar surface area (TPSA) is 101 Å². The van der Waals surface area contributed by atoms with Crippen LogP contribution in [0.4, 0.5) is 0 Å². The van der Waals surface area contributed by atoms with Crippen molar-refractivity contribution >= 4 is 23.4 Å². The molecule has 0 aliphatic rings. The number of unbranched alkanes of at least 4 members (excludes halogenated alkanes) is 1. The third-order valence-corrected chi connectivity index (χ3v) is 3.34. The first kappa shape index (κ1) is 19.3. The molecule has 2 N–H and O–H groups in total. The Hall–Kier alpha value is -1.72. The molecule has 6 nitrogen and oxygen atoms in total. The minimum absolute atomic E-state index is 0.00432. The predicted octanol–water partition coefficient (Wildman–Crippen LogP) is 1.71. The largest absolute Gasteiger partial charge is 0.481 e. The summed E-state index contributed by atoms with van der Waals surface area (Å²) >= 11 is 0. The number of hydrogen-bond acceptors (Lipinski definition) is 4. The minimum atomic E-state index is -1.06. The van der Waals surface area contributed by atoms with E-state index in [0.29, 0.717) is 6.42 Å². The van der Waals surface area contributed by atoms with E-state index in [1.54, 1.807) is 6.92 Å². The second-order valence-electron chi connectivity index (χ2n) is 5.32. The zero-order chi connectivity index (χ0) is 16.4. The van der Waals surface area contributed by atoms with Gasteiger partial charge in [-0.15, -0.1) is 0 Å². The first-order valence-corrected chi connectivity index (χ1v) is 7.32. The molecule has 0 saturated heterocycles. The van der Waals surface area contributed by atoms with Crippen molar-refractivity contribution in [2.45, 2.75) is 65.3 Å². The van der Waals surface area contributed by atoms with Gasteiger partial charge in [-0.3, -0.25) is 19.2 Å². The highest BCUT2D eigenvalue weighted by atomic mass is 16.4. The van der Waals surface area contributed by atoms with Gasteiger partial charge in [-0.25, -0.2) is 0 Å². The van der Waals surface area contributed by atoms with E-state index in [1.165, 1.54) is 6.92 Å². The first-order chi connectivity index (χ1) is 9.77. The van der Waals surface area contributed by atoms with E-state index in [9.17, 15) is 19.2 Å². The van der Waals surface area contributed by atoms with Crippen LogP contribution in [-0.4, -0.2) is 34.6 Å². The lowest BCUT2D eigenvalue weighted by Gasteiger charge is -2.13. The summed E-state index contributed by atoms with van der Waals surface area (Å²) in [7, 11) is 0. The number of nitrogens with one attached hydrogen (secondary N) is 1. The summed E-state index contributed by atoms with van der Waals surface area (Å²) in [5.74, 6) is -2.51. The van der Waals surface area contributed by atoms with Crippen LogP contribution < -0.4 is 5.32 Å². The number of amides is 1. The molecule has 6 heteroatoms. The molecule has 0 aliphatic heterocycles. The second-order valence-corrected chi connectivity index (χ2v) is 5.32. The lowest BCUT2D eigenvalue weighted by Crippen LogP contribution is -2.37. The van der Waals surface area contributed by atoms with Crippen LogP contribution in [0.2, 0.25) is 0 Å². The number of ketones is 2. The molecule has 0 aromatic rings. The number of hydrogen-bond donors (Lipinski definition) is 2. The summed E-state index contributed by atoms with van der Waals surface area (Å²) < 4.78 is 0. The Morgan fingerprint density at radius 1 is 1.14 bits per heavy atom. The molecule has 0 aliphatic carbocycles. The van der Waals surface area contributed by atoms with Crippen molar-refractivity contribution < 1.29 is 24.3 Å². The Balaban J connectivity index is 4.27. The molecule has 21 heavy (non-hydrogen) atoms. The third-order valence-electron chi connectivity index (χ3n) is 3.34. The fraction of sp³-hybridized carbons (Fsp3) is 0.733. The van der Waals surface area contributed by atoms with Gasteiger partial charge in [-0.2, -0.15) is 0 Å². The van der Waals surface area contributed by atoms with Crippen LogP contribution in [0.5, 0.6) is 0 Å². The molecule has 0 radical (unpaired) electrons. The van der Waals surface area contributed by atoms with Gasteiger partial charge in [0.1, 0.15) is 5.78 Å². The van der Waals surface area contributed by atoms with Gasteiger partial charge in [0.15, 0.2) is 5.78 Å². The van der Waals surface area contributed by atoms with Crippen molar-refractivity contribution in [3.05, 3.63) is 0 Å². The number of carboxylic acid groups (broad SMARTS) is 1. The van der Waals surface area contributed by atoms with Crippen molar-refractivity contribution in [2.24, 2.45) is 5.92 Å². The van der Waals surface area contributed by atoms with Crippen molar-refractivity contribution in [1.29, 1.82) is 0 Å². The maximum Gasteiger partial charge on any atom is 0.306 e. The Morgan fingerprint density at radius 2 is 1.76 bits per heavy atom. The molecule has 0 aromatic heterocycles. The normalized spacial score (nSPS) is 13.3. The average molecular weight is 299 g/mol. The maximum atomic E-state index is 11.6. The predicted molar refractivity (Wildman–Crippen MR) is 77.8 cm³/mol. The number of carboxylic acids is 1. The smallest absolute Gasteiger partial charge is 0.306 e. The van der Waals surface area contributed by atoms with Crippen LogP contribution >= 0.6 is 0 Å². The SMILES string of the molecule is CCCCC(=O)C[C@@H](CCC(=O)N[C@H](C)C(C)=O)C(=O)O. The molecule has 0 heterocycles. The fourth-order valence-corrected chi connectivity index (χ4v) is 1.78. The molecular weight excluding hydrogens is 274 g/mol. The van der Waals surface area contributed by atoms with E-state index in [0.717, 1.165) is 12.8 Å². The third kappa shape index (κ3) is 8.94. The number of aliphatic carboxylic acids is 1. The number of Topliss-reactive ketones (excluding diaryl/α,β-unsaturated/α-hetero) is 2. The maximum absolute atomic E-state index is 11.6. The van der Waals surface area contributed by atoms with Crippen molar-refractivity contribution in [3.8, 4) is 0 Å². The molecule has 0 spiro atoms. The zero-order valence-corrected chi connectivity index (χ0v) is 13.0. The summed E-state index contributed by atoms with van der Waals surface area (Å²) in [6.07, 6.45) is 2.08. The Morgan fingerprint density at radius 3 is 2.24 bits per heavy atom. The highest BCUT2D eigenvalue weighted by molar-refractivity contribution is 5.87. The summed E-state index contributed by atoms with van der Waals surface area (Å²) in [6.45, 7) is 4.91. The fourth-order valence-electron chi connectivity index (χ4n) is 1.78. The van der Waals surface area contributed by atoms with Gasteiger partial charge in [0.2, 0.25) is 5.91 Å². The van der Waals surface area contributed by atoms with Gasteiger partial charge in [0.25, 0.3) is 0 Å². The molecule has 0 bridgehead atoms. The van der Waals surface area contributed by atoms with Gasteiger partial charge < -0.3 is 10.4 Å². The molecule has 1 amide bonds. The van der Waals surface area contributed by atoms with E-state index in [2.05, 4.69) is 5.32 Å². The van der Waals surface area contributed by atoms with E-state index >= 15 is 0 Å². The van der Waals surface area contributed by atoms with Gasteiger partial charge in [0, 0.05) is 19.3 Å². The molecule has 0 aromatic carbocycles. The van der Waals surface area contributed by atoms with Gasteiger partial charge >= 0.3 is 5.97 Å². The van der Waals surface area contributed by atoms with Crippen LogP contribution in [0.1, 0.15) is 59.3 Å². The van der Waals surface area contributed by atoms with E-state index in [-0.39, 0.29) is 36.7 Å². The highest BCUT2D eigenvalue weighted by Crippen LogP contribution is 2.14. The monoisotopic (exact) mass is 299 g/mol. The van der Waals surface area contributed by atoms with E-state index in [4.69, 9.17) is 5.11 Å². The van der Waals surface area contributed by atoms with Crippen molar-refractivity contribution in [3.63, 3.8) is 0 Å². The molecule has 2 atom stereocenters. The summed E-state index contributed by atoms with van der Waals surface area (Å²) in [5, 5.41) is 11.6. The first-order valence-electron chi connectivity index (χ1n) is 7.32. The lowest BCUT2D eigenvalue weighted by molar-refractivity contribution is -0.144. The van der Waals surface area contributed by atoms with Crippen LogP contribution in [0.15, 0.2) is 0 Å². The Labute approximate surface area is 125 Å². The van der Waals surface area contributed by atoms with Gasteiger partial charge in [-0.1, -0.05) is 13.3 Å². The quantitative estimate of drug-likeness (QED) is 0.605. The standard InChI is InChI=1S/C15H25NO5/c1-4-5-6-13(18)9-12(15(20)21)7-8-14(19)16-10(2)11(3)17/h10,12H,4-9H2,1-3H3,(H,16,19)(H,20,21)/t10-,12-/m1/s1.